The maximum atomic E-state index is 12.9. The van der Waals surface area contributed by atoms with E-state index in [1.54, 1.807) is 7.11 Å². The Kier molecular flexibility index (Phi) is 5.95. The fourth-order valence-electron chi connectivity index (χ4n) is 4.55. The van der Waals surface area contributed by atoms with E-state index < -0.39 is 0 Å². The highest BCUT2D eigenvalue weighted by Crippen LogP contribution is 2.31. The van der Waals surface area contributed by atoms with Crippen molar-refractivity contribution in [2.24, 2.45) is 0 Å². The molecule has 1 atom stereocenters. The Morgan fingerprint density at radius 1 is 1.18 bits per heavy atom. The quantitative estimate of drug-likeness (QED) is 0.805. The van der Waals surface area contributed by atoms with Gasteiger partial charge in [-0.15, -0.1) is 0 Å². The Morgan fingerprint density at radius 3 is 2.79 bits per heavy atom. The molecule has 2 aliphatic rings. The minimum atomic E-state index is -0.0729. The van der Waals surface area contributed by atoms with Gasteiger partial charge in [0.05, 0.1) is 13.2 Å². The number of hydrogen-bond donors (Lipinski definition) is 2. The molecule has 0 saturated carbocycles. The van der Waals surface area contributed by atoms with E-state index in [0.717, 1.165) is 54.9 Å². The molecule has 1 aliphatic carbocycles. The van der Waals surface area contributed by atoms with Crippen LogP contribution in [0.4, 0.5) is 0 Å². The second-order valence-corrected chi connectivity index (χ2v) is 7.80. The Balaban J connectivity index is 1.52. The van der Waals surface area contributed by atoms with Crippen LogP contribution in [0.2, 0.25) is 0 Å². The van der Waals surface area contributed by atoms with Crippen LogP contribution in [0.15, 0.2) is 24.3 Å². The van der Waals surface area contributed by atoms with E-state index in [1.165, 1.54) is 25.7 Å². The first-order chi connectivity index (χ1) is 13.8. The molecule has 0 bridgehead atoms. The summed E-state index contributed by atoms with van der Waals surface area (Å²) in [5.41, 5.74) is 3.95. The summed E-state index contributed by atoms with van der Waals surface area (Å²) in [6.07, 6.45) is 7.91. The summed E-state index contributed by atoms with van der Waals surface area (Å²) in [6, 6.07) is 8.25. The van der Waals surface area contributed by atoms with Gasteiger partial charge in [-0.2, -0.15) is 5.10 Å². The number of carbonyl (C=O) groups is 1. The molecule has 4 rings (SSSR count). The van der Waals surface area contributed by atoms with Crippen LogP contribution >= 0.6 is 0 Å². The maximum Gasteiger partial charge on any atom is 0.272 e. The molecular weight excluding hydrogens is 352 g/mol. The summed E-state index contributed by atoms with van der Waals surface area (Å²) in [4.78, 5) is 15.4. The van der Waals surface area contributed by atoms with Gasteiger partial charge >= 0.3 is 0 Å². The normalized spacial score (nSPS) is 18.3. The van der Waals surface area contributed by atoms with Crippen molar-refractivity contribution in [3.05, 3.63) is 46.8 Å². The second-order valence-electron chi connectivity index (χ2n) is 7.80. The van der Waals surface area contributed by atoms with Crippen LogP contribution in [0.25, 0.3) is 0 Å². The molecule has 6 nitrogen and oxygen atoms in total. The summed E-state index contributed by atoms with van der Waals surface area (Å²) in [6.45, 7) is 2.66. The van der Waals surface area contributed by atoms with E-state index in [4.69, 9.17) is 4.74 Å². The average Bonchev–Trinajstić information content (AvgIpc) is 3.19. The summed E-state index contributed by atoms with van der Waals surface area (Å²) in [5, 5.41) is 10.5. The number of amides is 1. The zero-order valence-electron chi connectivity index (χ0n) is 16.7. The molecule has 2 heterocycles. The first-order valence-electron chi connectivity index (χ1n) is 10.5. The zero-order chi connectivity index (χ0) is 19.3. The molecule has 1 unspecified atom stereocenters. The maximum absolute atomic E-state index is 12.9. The number of fused-ring (bicyclic) bond motifs is 1. The minimum Gasteiger partial charge on any atom is -0.496 e. The molecule has 2 aromatic rings. The first-order valence-corrected chi connectivity index (χ1v) is 10.5. The smallest absolute Gasteiger partial charge is 0.272 e. The molecule has 2 N–H and O–H groups in total. The van der Waals surface area contributed by atoms with Crippen LogP contribution in [0, 0.1) is 0 Å². The Bertz CT molecular complexity index is 811. The monoisotopic (exact) mass is 382 g/mol. The van der Waals surface area contributed by atoms with E-state index in [1.807, 2.05) is 18.2 Å². The van der Waals surface area contributed by atoms with Crippen LogP contribution in [0.1, 0.15) is 65.5 Å². The highest BCUT2D eigenvalue weighted by atomic mass is 16.5. The number of para-hydroxylation sites is 1. The van der Waals surface area contributed by atoms with E-state index in [-0.39, 0.29) is 11.9 Å². The third kappa shape index (κ3) is 3.92. The van der Waals surface area contributed by atoms with Crippen molar-refractivity contribution in [3.8, 4) is 5.75 Å². The lowest BCUT2D eigenvalue weighted by molar-refractivity contribution is 0.0917. The first kappa shape index (κ1) is 19.0. The lowest BCUT2D eigenvalue weighted by Crippen LogP contribution is -2.41. The number of likely N-dealkylation sites (tertiary alicyclic amines) is 1. The van der Waals surface area contributed by atoms with Crippen molar-refractivity contribution in [1.82, 2.24) is 20.4 Å². The Labute approximate surface area is 166 Å². The van der Waals surface area contributed by atoms with Gasteiger partial charge in [0.15, 0.2) is 5.69 Å². The number of piperidine rings is 1. The van der Waals surface area contributed by atoms with Gasteiger partial charge in [0.1, 0.15) is 5.75 Å². The van der Waals surface area contributed by atoms with Gasteiger partial charge in [0.2, 0.25) is 0 Å². The molecule has 6 heteroatoms. The molecule has 150 valence electrons. The highest BCUT2D eigenvalue weighted by molar-refractivity contribution is 5.94. The Morgan fingerprint density at radius 2 is 1.96 bits per heavy atom. The lowest BCUT2D eigenvalue weighted by Gasteiger charge is -2.35. The van der Waals surface area contributed by atoms with Gasteiger partial charge in [-0.05, 0) is 57.7 Å². The number of carbonyl (C=O) groups excluding carboxylic acids is 1. The average molecular weight is 383 g/mol. The molecule has 1 saturated heterocycles. The number of aryl methyl sites for hydroxylation is 1. The minimum absolute atomic E-state index is 0.0729. The van der Waals surface area contributed by atoms with E-state index in [9.17, 15) is 4.79 Å². The van der Waals surface area contributed by atoms with E-state index in [0.29, 0.717) is 12.2 Å². The van der Waals surface area contributed by atoms with Gasteiger partial charge in [0.25, 0.3) is 5.91 Å². The zero-order valence-corrected chi connectivity index (χ0v) is 16.7. The number of benzene rings is 1. The molecular formula is C22H30N4O2. The van der Waals surface area contributed by atoms with Crippen molar-refractivity contribution in [1.29, 1.82) is 0 Å². The number of rotatable bonds is 6. The number of ether oxygens (including phenoxy) is 1. The summed E-state index contributed by atoms with van der Waals surface area (Å²) in [5.74, 6) is 0.806. The molecule has 1 fully saturated rings. The third-order valence-electron chi connectivity index (χ3n) is 6.06. The van der Waals surface area contributed by atoms with Gasteiger partial charge < -0.3 is 10.1 Å². The van der Waals surface area contributed by atoms with E-state index >= 15 is 0 Å². The van der Waals surface area contributed by atoms with E-state index in [2.05, 4.69) is 26.5 Å². The summed E-state index contributed by atoms with van der Waals surface area (Å²) < 4.78 is 5.61. The number of methoxy groups -OCH3 is 1. The number of aromatic amines is 1. The van der Waals surface area contributed by atoms with Crippen molar-refractivity contribution < 1.29 is 9.53 Å². The van der Waals surface area contributed by atoms with Crippen LogP contribution in [-0.4, -0.2) is 47.7 Å². The van der Waals surface area contributed by atoms with Crippen molar-refractivity contribution in [2.45, 2.75) is 51.0 Å². The lowest BCUT2D eigenvalue weighted by atomic mass is 9.95. The molecule has 0 radical (unpaired) electrons. The largest absolute Gasteiger partial charge is 0.496 e. The van der Waals surface area contributed by atoms with Crippen molar-refractivity contribution >= 4 is 5.91 Å². The summed E-state index contributed by atoms with van der Waals surface area (Å²) >= 11 is 0. The third-order valence-corrected chi connectivity index (χ3v) is 6.06. The number of aromatic nitrogens is 2. The predicted octanol–water partition coefficient (Wildman–Crippen LogP) is 3.25. The van der Waals surface area contributed by atoms with Gasteiger partial charge in [0, 0.05) is 23.4 Å². The Hall–Kier alpha value is -2.34. The predicted molar refractivity (Wildman–Crippen MR) is 109 cm³/mol. The second kappa shape index (κ2) is 8.78. The fraction of sp³-hybridized carbons (Fsp3) is 0.545. The SMILES string of the molecule is COc1ccccc1C(CNC(=O)c1n[nH]c2c1CCCC2)N1CCCCC1. The molecule has 0 spiro atoms. The van der Waals surface area contributed by atoms with Crippen LogP contribution in [0.5, 0.6) is 5.75 Å². The van der Waals surface area contributed by atoms with Crippen LogP contribution in [0.3, 0.4) is 0 Å². The fourth-order valence-corrected chi connectivity index (χ4v) is 4.55. The molecule has 28 heavy (non-hydrogen) atoms. The molecule has 1 aromatic heterocycles. The topological polar surface area (TPSA) is 70.2 Å². The number of nitrogens with one attached hydrogen (secondary N) is 2. The number of H-pyrrole nitrogens is 1. The highest BCUT2D eigenvalue weighted by Gasteiger charge is 2.27. The van der Waals surface area contributed by atoms with Gasteiger partial charge in [-0.3, -0.25) is 14.8 Å². The summed E-state index contributed by atoms with van der Waals surface area (Å²) in [7, 11) is 1.71. The molecule has 1 aliphatic heterocycles. The van der Waals surface area contributed by atoms with Crippen LogP contribution in [-0.2, 0) is 12.8 Å². The molecule has 1 amide bonds. The van der Waals surface area contributed by atoms with Crippen LogP contribution < -0.4 is 10.1 Å². The number of nitrogens with zero attached hydrogens (tertiary/aromatic N) is 2. The van der Waals surface area contributed by atoms with Gasteiger partial charge in [-0.1, -0.05) is 24.6 Å². The number of hydrogen-bond acceptors (Lipinski definition) is 4. The standard InChI is InChI=1S/C22H30N4O2/c1-28-20-12-6-4-10-17(20)19(26-13-7-2-8-14-26)15-23-22(27)21-16-9-3-5-11-18(16)24-25-21/h4,6,10,12,19H,2-3,5,7-9,11,13-15H2,1H3,(H,23,27)(H,24,25). The van der Waals surface area contributed by atoms with Crippen molar-refractivity contribution in [2.75, 3.05) is 26.7 Å². The van der Waals surface area contributed by atoms with Crippen molar-refractivity contribution in [3.63, 3.8) is 0 Å². The molecule has 1 aromatic carbocycles. The van der Waals surface area contributed by atoms with Gasteiger partial charge in [-0.25, -0.2) is 0 Å².